The van der Waals surface area contributed by atoms with Gasteiger partial charge in [0.15, 0.2) is 0 Å². The third-order valence-corrected chi connectivity index (χ3v) is 6.02. The number of hydrogen-bond acceptors (Lipinski definition) is 3. The highest BCUT2D eigenvalue weighted by Crippen LogP contribution is 2.33. The number of aromatic amines is 1. The first-order valence-electron chi connectivity index (χ1n) is 10.4. The van der Waals surface area contributed by atoms with Crippen LogP contribution < -0.4 is 5.32 Å². The van der Waals surface area contributed by atoms with E-state index in [0.717, 1.165) is 44.0 Å². The maximum Gasteiger partial charge on any atom is 0.143 e. The minimum absolute atomic E-state index is 0.295. The molecule has 0 amide bonds. The van der Waals surface area contributed by atoms with Gasteiger partial charge in [-0.1, -0.05) is 46.3 Å². The van der Waals surface area contributed by atoms with E-state index in [4.69, 9.17) is 4.98 Å². The Bertz CT molecular complexity index is 1600. The van der Waals surface area contributed by atoms with Crippen LogP contribution in [0.5, 0.6) is 0 Å². The van der Waals surface area contributed by atoms with Crippen LogP contribution in [0.25, 0.3) is 39.3 Å². The standard InChI is InChI=1S/C26H17BrFN5/c27-18-9-6-16(7-10-18)24-26(29-20-4-2-1-3-5-20)33-15-17(8-13-23(33)32-24)25-30-21-12-11-19(28)14-22(21)31-25/h1-15,29H,(H,30,31). The Morgan fingerprint density at radius 1 is 0.848 bits per heavy atom. The number of nitrogens with zero attached hydrogens (tertiary/aromatic N) is 3. The Kier molecular flexibility index (Phi) is 4.69. The molecule has 3 aromatic carbocycles. The van der Waals surface area contributed by atoms with Gasteiger partial charge in [0.25, 0.3) is 0 Å². The number of H-pyrrole nitrogens is 1. The molecule has 33 heavy (non-hydrogen) atoms. The largest absolute Gasteiger partial charge is 0.339 e. The van der Waals surface area contributed by atoms with Crippen LogP contribution in [0.15, 0.2) is 95.6 Å². The van der Waals surface area contributed by atoms with E-state index in [1.165, 1.54) is 12.1 Å². The smallest absolute Gasteiger partial charge is 0.143 e. The summed E-state index contributed by atoms with van der Waals surface area (Å²) < 4.78 is 16.7. The number of fused-ring (bicyclic) bond motifs is 2. The summed E-state index contributed by atoms with van der Waals surface area (Å²) in [6, 6.07) is 26.6. The third kappa shape index (κ3) is 3.66. The number of benzene rings is 3. The number of aromatic nitrogens is 4. The lowest BCUT2D eigenvalue weighted by atomic mass is 10.1. The predicted molar refractivity (Wildman–Crippen MR) is 133 cm³/mol. The van der Waals surface area contributed by atoms with E-state index >= 15 is 0 Å². The van der Waals surface area contributed by atoms with Crippen LogP contribution in [0, 0.1) is 5.82 Å². The fraction of sp³-hybridized carbons (Fsp3) is 0. The Morgan fingerprint density at radius 3 is 2.45 bits per heavy atom. The van der Waals surface area contributed by atoms with Crippen molar-refractivity contribution in [2.24, 2.45) is 0 Å². The van der Waals surface area contributed by atoms with Gasteiger partial charge in [0, 0.05) is 27.5 Å². The van der Waals surface area contributed by atoms with Crippen molar-refractivity contribution < 1.29 is 4.39 Å². The van der Waals surface area contributed by atoms with Crippen molar-refractivity contribution in [3.63, 3.8) is 0 Å². The molecule has 0 atom stereocenters. The zero-order chi connectivity index (χ0) is 22.4. The molecule has 2 N–H and O–H groups in total. The van der Waals surface area contributed by atoms with Gasteiger partial charge in [-0.15, -0.1) is 0 Å². The summed E-state index contributed by atoms with van der Waals surface area (Å²) in [5.41, 5.74) is 5.86. The number of para-hydroxylation sites is 1. The van der Waals surface area contributed by atoms with Gasteiger partial charge in [-0.3, -0.25) is 4.40 Å². The third-order valence-electron chi connectivity index (χ3n) is 5.49. The summed E-state index contributed by atoms with van der Waals surface area (Å²) in [6.07, 6.45) is 1.99. The topological polar surface area (TPSA) is 58.0 Å². The summed E-state index contributed by atoms with van der Waals surface area (Å²) in [6.45, 7) is 0. The molecular weight excluding hydrogens is 481 g/mol. The van der Waals surface area contributed by atoms with E-state index in [1.807, 2.05) is 77.3 Å². The summed E-state index contributed by atoms with van der Waals surface area (Å²) in [5, 5.41) is 3.53. The van der Waals surface area contributed by atoms with Gasteiger partial charge in [-0.2, -0.15) is 0 Å². The van der Waals surface area contributed by atoms with Crippen LogP contribution in [0.2, 0.25) is 0 Å². The van der Waals surface area contributed by atoms with E-state index in [0.29, 0.717) is 11.3 Å². The number of hydrogen-bond donors (Lipinski definition) is 2. The molecule has 7 heteroatoms. The molecule has 5 nitrogen and oxygen atoms in total. The molecule has 0 spiro atoms. The Labute approximate surface area is 197 Å². The first-order valence-corrected chi connectivity index (χ1v) is 11.2. The van der Waals surface area contributed by atoms with Crippen LogP contribution in [-0.2, 0) is 0 Å². The summed E-state index contributed by atoms with van der Waals surface area (Å²) >= 11 is 3.50. The molecule has 0 fully saturated rings. The van der Waals surface area contributed by atoms with Gasteiger partial charge in [-0.25, -0.2) is 14.4 Å². The van der Waals surface area contributed by atoms with Crippen LogP contribution in [0.4, 0.5) is 15.9 Å². The number of rotatable bonds is 4. The molecule has 0 unspecified atom stereocenters. The zero-order valence-corrected chi connectivity index (χ0v) is 18.8. The van der Waals surface area contributed by atoms with Gasteiger partial charge in [0.2, 0.25) is 0 Å². The number of nitrogens with one attached hydrogen (secondary N) is 2. The lowest BCUT2D eigenvalue weighted by Gasteiger charge is -2.10. The number of imidazole rings is 2. The first-order chi connectivity index (χ1) is 16.1. The molecule has 0 aliphatic heterocycles. The number of pyridine rings is 1. The minimum atomic E-state index is -0.295. The van der Waals surface area contributed by atoms with Gasteiger partial charge in [0.1, 0.15) is 28.8 Å². The second-order valence-electron chi connectivity index (χ2n) is 7.70. The highest BCUT2D eigenvalue weighted by atomic mass is 79.9. The molecule has 0 aliphatic rings. The van der Waals surface area contributed by atoms with Crippen LogP contribution in [-0.4, -0.2) is 19.4 Å². The zero-order valence-electron chi connectivity index (χ0n) is 17.3. The maximum absolute atomic E-state index is 13.6. The average molecular weight is 498 g/mol. The van der Waals surface area contributed by atoms with Gasteiger partial charge in [0.05, 0.1) is 11.0 Å². The molecule has 0 saturated carbocycles. The quantitative estimate of drug-likeness (QED) is 0.271. The molecule has 3 heterocycles. The predicted octanol–water partition coefficient (Wildman–Crippen LogP) is 7.19. The Balaban J connectivity index is 1.53. The van der Waals surface area contributed by atoms with Crippen molar-refractivity contribution in [2.45, 2.75) is 0 Å². The van der Waals surface area contributed by atoms with Gasteiger partial charge >= 0.3 is 0 Å². The van der Waals surface area contributed by atoms with Crippen molar-refractivity contribution in [2.75, 3.05) is 5.32 Å². The van der Waals surface area contributed by atoms with Crippen LogP contribution in [0.3, 0.4) is 0 Å². The van der Waals surface area contributed by atoms with E-state index in [-0.39, 0.29) is 5.82 Å². The minimum Gasteiger partial charge on any atom is -0.339 e. The van der Waals surface area contributed by atoms with Crippen LogP contribution in [0.1, 0.15) is 0 Å². The first kappa shape index (κ1) is 19.7. The number of halogens is 2. The van der Waals surface area contributed by atoms with E-state index in [9.17, 15) is 4.39 Å². The van der Waals surface area contributed by atoms with Crippen molar-refractivity contribution in [1.29, 1.82) is 0 Å². The Hall–Kier alpha value is -3.97. The second kappa shape index (κ2) is 7.86. The lowest BCUT2D eigenvalue weighted by Crippen LogP contribution is -1.97. The molecular formula is C26H17BrFN5. The van der Waals surface area contributed by atoms with Crippen molar-refractivity contribution >= 4 is 44.1 Å². The Morgan fingerprint density at radius 2 is 1.64 bits per heavy atom. The van der Waals surface area contributed by atoms with Crippen molar-refractivity contribution in [3.8, 4) is 22.6 Å². The fourth-order valence-corrected chi connectivity index (χ4v) is 4.15. The molecule has 0 bridgehead atoms. The molecule has 6 rings (SSSR count). The SMILES string of the molecule is Fc1ccc2nc(-c3ccc4nc(-c5ccc(Br)cc5)c(Nc5ccccc5)n4c3)[nH]c2c1. The van der Waals surface area contributed by atoms with E-state index < -0.39 is 0 Å². The molecule has 0 aliphatic carbocycles. The number of anilines is 2. The summed E-state index contributed by atoms with van der Waals surface area (Å²) in [5.74, 6) is 1.22. The highest BCUT2D eigenvalue weighted by Gasteiger charge is 2.16. The lowest BCUT2D eigenvalue weighted by molar-refractivity contribution is 0.629. The molecule has 6 aromatic rings. The second-order valence-corrected chi connectivity index (χ2v) is 8.62. The summed E-state index contributed by atoms with van der Waals surface area (Å²) in [7, 11) is 0. The van der Waals surface area contributed by atoms with Crippen molar-refractivity contribution in [1.82, 2.24) is 19.4 Å². The highest BCUT2D eigenvalue weighted by molar-refractivity contribution is 9.10. The van der Waals surface area contributed by atoms with E-state index in [2.05, 4.69) is 31.2 Å². The molecule has 3 aromatic heterocycles. The van der Waals surface area contributed by atoms with Crippen LogP contribution >= 0.6 is 15.9 Å². The molecule has 0 radical (unpaired) electrons. The van der Waals surface area contributed by atoms with E-state index in [1.54, 1.807) is 6.07 Å². The average Bonchev–Trinajstić information content (AvgIpc) is 3.41. The van der Waals surface area contributed by atoms with Gasteiger partial charge < -0.3 is 10.3 Å². The fourth-order valence-electron chi connectivity index (χ4n) is 3.89. The normalized spacial score (nSPS) is 11.3. The van der Waals surface area contributed by atoms with Gasteiger partial charge in [-0.05, 0) is 54.6 Å². The van der Waals surface area contributed by atoms with Crippen molar-refractivity contribution in [3.05, 3.63) is 101 Å². The monoisotopic (exact) mass is 497 g/mol. The molecule has 0 saturated heterocycles. The molecule has 160 valence electrons. The summed E-state index contributed by atoms with van der Waals surface area (Å²) in [4.78, 5) is 12.8. The maximum atomic E-state index is 13.6.